The van der Waals surface area contributed by atoms with Crippen molar-refractivity contribution < 1.29 is 5.21 Å². The molecule has 106 valence electrons. The van der Waals surface area contributed by atoms with Crippen LogP contribution in [0.15, 0.2) is 60.7 Å². The third-order valence-corrected chi connectivity index (χ3v) is 3.49. The highest BCUT2D eigenvalue weighted by atomic mass is 16.5. The molecule has 0 saturated carbocycles. The lowest BCUT2D eigenvalue weighted by Gasteiger charge is -2.07. The molecule has 0 radical (unpaired) electrons. The number of hydrogen-bond acceptors (Lipinski definition) is 2. The van der Waals surface area contributed by atoms with E-state index in [1.807, 2.05) is 74.5 Å². The van der Waals surface area contributed by atoms with Crippen LogP contribution in [0, 0.1) is 0 Å². The van der Waals surface area contributed by atoms with Crippen LogP contribution in [0.4, 0.5) is 0 Å². The second-order valence-electron chi connectivity index (χ2n) is 5.37. The van der Waals surface area contributed by atoms with Crippen molar-refractivity contribution >= 4 is 0 Å². The first-order valence-corrected chi connectivity index (χ1v) is 7.11. The maximum atomic E-state index is 10.5. The van der Waals surface area contributed by atoms with Crippen molar-refractivity contribution in [3.8, 4) is 22.5 Å². The minimum atomic E-state index is 0.148. The average Bonchev–Trinajstić information content (AvgIpc) is 2.87. The van der Waals surface area contributed by atoms with E-state index in [0.29, 0.717) is 5.82 Å². The molecule has 1 N–H and O–H groups in total. The Morgan fingerprint density at radius 3 is 1.90 bits per heavy atom. The predicted molar refractivity (Wildman–Crippen MR) is 84.4 cm³/mol. The number of nitrogens with zero attached hydrogens (tertiary/aromatic N) is 2. The summed E-state index contributed by atoms with van der Waals surface area (Å²) in [6, 6.07) is 19.8. The summed E-state index contributed by atoms with van der Waals surface area (Å²) in [7, 11) is 0. The highest BCUT2D eigenvalue weighted by molar-refractivity contribution is 5.78. The SMILES string of the molecule is CC(C)c1nc(-c2ccccc2)c(-c2ccccc2)n1O. The number of aromatic nitrogens is 2. The number of imidazole rings is 1. The van der Waals surface area contributed by atoms with E-state index in [4.69, 9.17) is 0 Å². The summed E-state index contributed by atoms with van der Waals surface area (Å²) in [5.74, 6) is 0.822. The van der Waals surface area contributed by atoms with E-state index in [-0.39, 0.29) is 5.92 Å². The normalized spacial score (nSPS) is 11.0. The molecule has 0 amide bonds. The van der Waals surface area contributed by atoms with Gasteiger partial charge in [-0.15, -0.1) is 0 Å². The highest BCUT2D eigenvalue weighted by Crippen LogP contribution is 2.33. The molecule has 1 aromatic heterocycles. The Kier molecular flexibility index (Phi) is 3.48. The van der Waals surface area contributed by atoms with Crippen molar-refractivity contribution in [2.24, 2.45) is 0 Å². The molecule has 3 heteroatoms. The molecule has 2 aromatic carbocycles. The fraction of sp³-hybridized carbons (Fsp3) is 0.167. The van der Waals surface area contributed by atoms with Gasteiger partial charge in [-0.3, -0.25) is 0 Å². The first-order valence-electron chi connectivity index (χ1n) is 7.11. The Balaban J connectivity index is 2.26. The van der Waals surface area contributed by atoms with Gasteiger partial charge in [-0.25, -0.2) is 4.98 Å². The van der Waals surface area contributed by atoms with E-state index in [2.05, 4.69) is 4.98 Å². The van der Waals surface area contributed by atoms with Gasteiger partial charge in [0.2, 0.25) is 0 Å². The van der Waals surface area contributed by atoms with Gasteiger partial charge in [0, 0.05) is 17.0 Å². The molecule has 3 rings (SSSR count). The third kappa shape index (κ3) is 2.42. The van der Waals surface area contributed by atoms with Crippen molar-refractivity contribution in [1.29, 1.82) is 0 Å². The summed E-state index contributed by atoms with van der Waals surface area (Å²) in [5, 5.41) is 10.5. The highest BCUT2D eigenvalue weighted by Gasteiger charge is 2.21. The van der Waals surface area contributed by atoms with Gasteiger partial charge in [0.05, 0.1) is 0 Å². The zero-order valence-electron chi connectivity index (χ0n) is 12.2. The van der Waals surface area contributed by atoms with Crippen molar-refractivity contribution in [2.45, 2.75) is 19.8 Å². The fourth-order valence-corrected chi connectivity index (χ4v) is 2.46. The lowest BCUT2D eigenvalue weighted by Crippen LogP contribution is -2.02. The fourth-order valence-electron chi connectivity index (χ4n) is 2.46. The van der Waals surface area contributed by atoms with E-state index < -0.39 is 0 Å². The second kappa shape index (κ2) is 5.44. The van der Waals surface area contributed by atoms with E-state index in [1.54, 1.807) is 0 Å². The first-order chi connectivity index (χ1) is 10.2. The Labute approximate surface area is 124 Å². The van der Waals surface area contributed by atoms with Crippen LogP contribution in [0.2, 0.25) is 0 Å². The molecular weight excluding hydrogens is 260 g/mol. The van der Waals surface area contributed by atoms with Crippen molar-refractivity contribution in [3.05, 3.63) is 66.5 Å². The van der Waals surface area contributed by atoms with Crippen LogP contribution in [0.1, 0.15) is 25.6 Å². The number of hydrogen-bond donors (Lipinski definition) is 1. The van der Waals surface area contributed by atoms with Crippen molar-refractivity contribution in [3.63, 3.8) is 0 Å². The zero-order chi connectivity index (χ0) is 14.8. The Hall–Kier alpha value is -2.55. The first kappa shape index (κ1) is 13.4. The smallest absolute Gasteiger partial charge is 0.148 e. The van der Waals surface area contributed by atoms with Gasteiger partial charge < -0.3 is 5.21 Å². The quantitative estimate of drug-likeness (QED) is 0.712. The lowest BCUT2D eigenvalue weighted by atomic mass is 10.1. The number of rotatable bonds is 3. The molecule has 0 aliphatic rings. The molecule has 0 fully saturated rings. The molecule has 0 aliphatic heterocycles. The molecule has 0 bridgehead atoms. The number of benzene rings is 2. The maximum absolute atomic E-state index is 10.5. The van der Waals surface area contributed by atoms with E-state index in [1.165, 1.54) is 4.73 Å². The van der Waals surface area contributed by atoms with E-state index in [0.717, 1.165) is 22.5 Å². The summed E-state index contributed by atoms with van der Waals surface area (Å²) < 4.78 is 1.22. The van der Waals surface area contributed by atoms with Crippen molar-refractivity contribution in [1.82, 2.24) is 9.71 Å². The third-order valence-electron chi connectivity index (χ3n) is 3.49. The Morgan fingerprint density at radius 1 is 0.857 bits per heavy atom. The van der Waals surface area contributed by atoms with Gasteiger partial charge in [0.25, 0.3) is 0 Å². The largest absolute Gasteiger partial charge is 0.427 e. The second-order valence-corrected chi connectivity index (χ2v) is 5.37. The van der Waals surface area contributed by atoms with Crippen LogP contribution >= 0.6 is 0 Å². The van der Waals surface area contributed by atoms with Gasteiger partial charge in [-0.2, -0.15) is 4.73 Å². The molecule has 0 aliphatic carbocycles. The average molecular weight is 278 g/mol. The zero-order valence-corrected chi connectivity index (χ0v) is 12.2. The van der Waals surface area contributed by atoms with Gasteiger partial charge in [-0.05, 0) is 0 Å². The molecule has 3 nitrogen and oxygen atoms in total. The minimum Gasteiger partial charge on any atom is -0.427 e. The summed E-state index contributed by atoms with van der Waals surface area (Å²) >= 11 is 0. The maximum Gasteiger partial charge on any atom is 0.148 e. The molecule has 3 aromatic rings. The minimum absolute atomic E-state index is 0.148. The van der Waals surface area contributed by atoms with Crippen LogP contribution in [-0.4, -0.2) is 14.9 Å². The predicted octanol–water partition coefficient (Wildman–Crippen LogP) is 4.58. The molecule has 1 heterocycles. The molecule has 0 unspecified atom stereocenters. The van der Waals surface area contributed by atoms with Crippen LogP contribution in [0.25, 0.3) is 22.5 Å². The van der Waals surface area contributed by atoms with Gasteiger partial charge in [-0.1, -0.05) is 74.5 Å². The van der Waals surface area contributed by atoms with Crippen molar-refractivity contribution in [2.75, 3.05) is 0 Å². The van der Waals surface area contributed by atoms with E-state index >= 15 is 0 Å². The van der Waals surface area contributed by atoms with Crippen LogP contribution in [0.5, 0.6) is 0 Å². The molecule has 0 spiro atoms. The lowest BCUT2D eigenvalue weighted by molar-refractivity contribution is 0.177. The Bertz CT molecular complexity index is 731. The Morgan fingerprint density at radius 2 is 1.38 bits per heavy atom. The molecular formula is C18H18N2O. The summed E-state index contributed by atoms with van der Waals surface area (Å²) in [6.45, 7) is 4.05. The molecule has 21 heavy (non-hydrogen) atoms. The van der Waals surface area contributed by atoms with Crippen LogP contribution in [-0.2, 0) is 0 Å². The van der Waals surface area contributed by atoms with Gasteiger partial charge in [0.15, 0.2) is 0 Å². The topological polar surface area (TPSA) is 38.0 Å². The monoisotopic (exact) mass is 278 g/mol. The molecule has 0 saturated heterocycles. The summed E-state index contributed by atoms with van der Waals surface area (Å²) in [6.07, 6.45) is 0. The van der Waals surface area contributed by atoms with E-state index in [9.17, 15) is 5.21 Å². The molecule has 0 atom stereocenters. The standard InChI is InChI=1S/C18H18N2O/c1-13(2)18-19-16(14-9-5-3-6-10-14)17(20(18)21)15-11-7-4-8-12-15/h3-13,21H,1-2H3. The summed E-state index contributed by atoms with van der Waals surface area (Å²) in [5.41, 5.74) is 3.52. The van der Waals surface area contributed by atoms with Gasteiger partial charge in [0.1, 0.15) is 17.2 Å². The van der Waals surface area contributed by atoms with Crippen LogP contribution < -0.4 is 0 Å². The van der Waals surface area contributed by atoms with Crippen LogP contribution in [0.3, 0.4) is 0 Å². The van der Waals surface area contributed by atoms with Gasteiger partial charge >= 0.3 is 0 Å². The summed E-state index contributed by atoms with van der Waals surface area (Å²) in [4.78, 5) is 4.67.